The highest BCUT2D eigenvalue weighted by Crippen LogP contribution is 2.14. The number of amides is 2. The minimum Gasteiger partial charge on any atom is -0.339 e. The smallest absolute Gasteiger partial charge is 0.253 e. The quantitative estimate of drug-likeness (QED) is 0.724. The highest BCUT2D eigenvalue weighted by Gasteiger charge is 2.14. The van der Waals surface area contributed by atoms with Crippen molar-refractivity contribution < 1.29 is 9.59 Å². The summed E-state index contributed by atoms with van der Waals surface area (Å²) in [6.45, 7) is 5.64. The van der Waals surface area contributed by atoms with Gasteiger partial charge >= 0.3 is 0 Å². The van der Waals surface area contributed by atoms with Crippen molar-refractivity contribution in [3.8, 4) is 0 Å². The number of halogens is 1. The summed E-state index contributed by atoms with van der Waals surface area (Å²) in [5.74, 6) is -0.0715. The predicted octanol–water partition coefficient (Wildman–Crippen LogP) is 4.78. The molecule has 2 aromatic rings. The monoisotopic (exact) mass is 372 g/mol. The molecule has 0 heterocycles. The number of benzene rings is 2. The Morgan fingerprint density at radius 2 is 1.50 bits per heavy atom. The molecule has 0 bridgehead atoms. The topological polar surface area (TPSA) is 49.4 Å². The van der Waals surface area contributed by atoms with Crippen LogP contribution in [0.4, 0.5) is 5.69 Å². The molecule has 0 saturated carbocycles. The van der Waals surface area contributed by atoms with Gasteiger partial charge in [0, 0.05) is 29.4 Å². The molecule has 2 amide bonds. The minimum absolute atomic E-state index is 0.0349. The van der Waals surface area contributed by atoms with E-state index in [-0.39, 0.29) is 18.2 Å². The summed E-state index contributed by atoms with van der Waals surface area (Å²) in [5.41, 5.74) is 2.22. The first kappa shape index (κ1) is 20.0. The lowest BCUT2D eigenvalue weighted by molar-refractivity contribution is -0.115. The first-order valence-electron chi connectivity index (χ1n) is 8.97. The van der Waals surface area contributed by atoms with Gasteiger partial charge in [0.25, 0.3) is 5.91 Å². The van der Waals surface area contributed by atoms with E-state index < -0.39 is 0 Å². The average molecular weight is 373 g/mol. The van der Waals surface area contributed by atoms with E-state index in [4.69, 9.17) is 11.6 Å². The third-order valence-corrected chi connectivity index (χ3v) is 4.22. The second kappa shape index (κ2) is 9.97. The maximum absolute atomic E-state index is 12.6. The van der Waals surface area contributed by atoms with Crippen molar-refractivity contribution >= 4 is 29.1 Å². The molecule has 0 fully saturated rings. The van der Waals surface area contributed by atoms with Crippen molar-refractivity contribution in [3.05, 3.63) is 64.7 Å². The van der Waals surface area contributed by atoms with Crippen molar-refractivity contribution in [2.75, 3.05) is 18.4 Å². The highest BCUT2D eigenvalue weighted by atomic mass is 35.5. The van der Waals surface area contributed by atoms with Crippen molar-refractivity contribution in [1.29, 1.82) is 0 Å². The van der Waals surface area contributed by atoms with Crippen LogP contribution in [0.25, 0.3) is 0 Å². The van der Waals surface area contributed by atoms with Gasteiger partial charge in [-0.05, 0) is 54.8 Å². The van der Waals surface area contributed by atoms with E-state index in [9.17, 15) is 9.59 Å². The Bertz CT molecular complexity index is 721. The first-order chi connectivity index (χ1) is 12.5. The number of anilines is 1. The van der Waals surface area contributed by atoms with Crippen LogP contribution in [0.5, 0.6) is 0 Å². The number of nitrogens with zero attached hydrogens (tertiary/aromatic N) is 1. The van der Waals surface area contributed by atoms with E-state index in [1.165, 1.54) is 0 Å². The van der Waals surface area contributed by atoms with Gasteiger partial charge < -0.3 is 10.2 Å². The molecule has 0 aliphatic rings. The van der Waals surface area contributed by atoms with E-state index >= 15 is 0 Å². The Balaban J connectivity index is 1.96. The third-order valence-electron chi connectivity index (χ3n) is 3.97. The lowest BCUT2D eigenvalue weighted by Gasteiger charge is -2.21. The normalized spacial score (nSPS) is 10.4. The van der Waals surface area contributed by atoms with Crippen LogP contribution in [0.3, 0.4) is 0 Å². The van der Waals surface area contributed by atoms with E-state index in [0.29, 0.717) is 16.3 Å². The molecule has 0 spiro atoms. The Morgan fingerprint density at radius 1 is 0.923 bits per heavy atom. The van der Waals surface area contributed by atoms with Crippen LogP contribution in [0, 0.1) is 0 Å². The molecule has 1 N–H and O–H groups in total. The van der Waals surface area contributed by atoms with Gasteiger partial charge in [-0.15, -0.1) is 0 Å². The predicted molar refractivity (Wildman–Crippen MR) is 107 cm³/mol. The fourth-order valence-electron chi connectivity index (χ4n) is 2.73. The number of carbonyl (C=O) groups is 2. The number of hydrogen-bond donors (Lipinski definition) is 1. The molecular weight excluding hydrogens is 348 g/mol. The maximum Gasteiger partial charge on any atom is 0.253 e. The Morgan fingerprint density at radius 3 is 2.04 bits per heavy atom. The number of hydrogen-bond acceptors (Lipinski definition) is 2. The van der Waals surface area contributed by atoms with Gasteiger partial charge in [0.15, 0.2) is 0 Å². The van der Waals surface area contributed by atoms with Crippen LogP contribution in [-0.2, 0) is 11.2 Å². The molecule has 0 atom stereocenters. The van der Waals surface area contributed by atoms with Gasteiger partial charge in [0.2, 0.25) is 5.91 Å². The van der Waals surface area contributed by atoms with Gasteiger partial charge in [-0.25, -0.2) is 0 Å². The molecule has 5 heteroatoms. The van der Waals surface area contributed by atoms with Crippen LogP contribution in [0.15, 0.2) is 48.5 Å². The fourth-order valence-corrected chi connectivity index (χ4v) is 2.85. The van der Waals surface area contributed by atoms with Crippen LogP contribution < -0.4 is 5.32 Å². The molecule has 4 nitrogen and oxygen atoms in total. The molecule has 0 saturated heterocycles. The Kier molecular flexibility index (Phi) is 7.67. The fraction of sp³-hybridized carbons (Fsp3) is 0.333. The molecule has 138 valence electrons. The third kappa shape index (κ3) is 5.88. The number of rotatable bonds is 8. The van der Waals surface area contributed by atoms with Crippen LogP contribution in [-0.4, -0.2) is 29.8 Å². The Hall–Kier alpha value is -2.33. The number of carbonyl (C=O) groups excluding carboxylic acids is 2. The zero-order valence-corrected chi connectivity index (χ0v) is 16.1. The summed E-state index contributed by atoms with van der Waals surface area (Å²) < 4.78 is 0. The first-order valence-corrected chi connectivity index (χ1v) is 9.35. The van der Waals surface area contributed by atoms with Crippen LogP contribution in [0.2, 0.25) is 5.02 Å². The maximum atomic E-state index is 12.6. The van der Waals surface area contributed by atoms with Gasteiger partial charge in [0.1, 0.15) is 0 Å². The molecule has 26 heavy (non-hydrogen) atoms. The summed E-state index contributed by atoms with van der Waals surface area (Å²) in [7, 11) is 0. The summed E-state index contributed by atoms with van der Waals surface area (Å²) in [6.07, 6.45) is 2.15. The summed E-state index contributed by atoms with van der Waals surface area (Å²) in [6, 6.07) is 14.3. The van der Waals surface area contributed by atoms with Gasteiger partial charge in [-0.3, -0.25) is 9.59 Å². The molecule has 0 aliphatic heterocycles. The second-order valence-electron chi connectivity index (χ2n) is 6.22. The van der Waals surface area contributed by atoms with E-state index in [0.717, 1.165) is 31.5 Å². The summed E-state index contributed by atoms with van der Waals surface area (Å²) in [4.78, 5) is 26.6. The Labute approximate surface area is 160 Å². The van der Waals surface area contributed by atoms with Crippen molar-refractivity contribution in [2.24, 2.45) is 0 Å². The molecule has 0 unspecified atom stereocenters. The molecule has 0 aliphatic carbocycles. The van der Waals surface area contributed by atoms with Gasteiger partial charge in [-0.2, -0.15) is 0 Å². The largest absolute Gasteiger partial charge is 0.339 e. The second-order valence-corrected chi connectivity index (χ2v) is 6.66. The van der Waals surface area contributed by atoms with E-state index in [1.807, 2.05) is 17.0 Å². The van der Waals surface area contributed by atoms with Crippen molar-refractivity contribution in [1.82, 2.24) is 4.90 Å². The van der Waals surface area contributed by atoms with Gasteiger partial charge in [-0.1, -0.05) is 37.6 Å². The standard InChI is InChI=1S/C21H25ClN2O2/c1-3-13-24(14-4-2)21(26)17-7-11-19(12-8-17)23-20(25)15-16-5-9-18(22)10-6-16/h5-12H,3-4,13-15H2,1-2H3,(H,23,25). The number of nitrogens with one attached hydrogen (secondary N) is 1. The lowest BCUT2D eigenvalue weighted by Crippen LogP contribution is -2.32. The molecule has 2 aromatic carbocycles. The van der Waals surface area contributed by atoms with Crippen molar-refractivity contribution in [2.45, 2.75) is 33.1 Å². The zero-order chi connectivity index (χ0) is 18.9. The minimum atomic E-state index is -0.106. The molecule has 0 radical (unpaired) electrons. The molecule has 0 aromatic heterocycles. The molecule has 2 rings (SSSR count). The van der Waals surface area contributed by atoms with Crippen molar-refractivity contribution in [3.63, 3.8) is 0 Å². The zero-order valence-electron chi connectivity index (χ0n) is 15.3. The van der Waals surface area contributed by atoms with E-state index in [1.54, 1.807) is 36.4 Å². The summed E-state index contributed by atoms with van der Waals surface area (Å²) >= 11 is 5.85. The lowest BCUT2D eigenvalue weighted by atomic mass is 10.1. The van der Waals surface area contributed by atoms with Crippen LogP contribution in [0.1, 0.15) is 42.6 Å². The SMILES string of the molecule is CCCN(CCC)C(=O)c1ccc(NC(=O)Cc2ccc(Cl)cc2)cc1. The van der Waals surface area contributed by atoms with E-state index in [2.05, 4.69) is 19.2 Å². The average Bonchev–Trinajstić information content (AvgIpc) is 2.63. The molecular formula is C21H25ClN2O2. The van der Waals surface area contributed by atoms with Crippen LogP contribution >= 0.6 is 11.6 Å². The highest BCUT2D eigenvalue weighted by molar-refractivity contribution is 6.30. The van der Waals surface area contributed by atoms with Gasteiger partial charge in [0.05, 0.1) is 6.42 Å². The summed E-state index contributed by atoms with van der Waals surface area (Å²) in [5, 5.41) is 3.50.